The van der Waals surface area contributed by atoms with Crippen LogP contribution in [0.5, 0.6) is 5.75 Å². The monoisotopic (exact) mass is 361 g/mol. The first-order valence-electron chi connectivity index (χ1n) is 8.84. The summed E-state index contributed by atoms with van der Waals surface area (Å²) in [5, 5.41) is 10.8. The summed E-state index contributed by atoms with van der Waals surface area (Å²) in [5.41, 5.74) is 3.70. The number of nitrogens with zero attached hydrogens (tertiary/aromatic N) is 1. The van der Waals surface area contributed by atoms with Gasteiger partial charge in [0.2, 0.25) is 5.89 Å². The first-order chi connectivity index (χ1) is 13.1. The highest BCUT2D eigenvalue weighted by Gasteiger charge is 2.09. The van der Waals surface area contributed by atoms with E-state index in [1.165, 1.54) is 0 Å². The molecule has 0 unspecified atom stereocenters. The molecule has 5 heteroatoms. The average molecular weight is 361 g/mol. The topological polar surface area (TPSA) is 72.6 Å². The molecule has 0 saturated heterocycles. The fourth-order valence-electron chi connectivity index (χ4n) is 3.02. The lowest BCUT2D eigenvalue weighted by Crippen LogP contribution is -2.01. The third-order valence-corrected chi connectivity index (χ3v) is 4.41. The Bertz CT molecular complexity index is 1130. The van der Waals surface area contributed by atoms with Crippen LogP contribution in [0.2, 0.25) is 0 Å². The van der Waals surface area contributed by atoms with Crippen molar-refractivity contribution in [3.8, 4) is 17.2 Å². The smallest absolute Gasteiger partial charge is 0.303 e. The summed E-state index contributed by atoms with van der Waals surface area (Å²) in [6.07, 6.45) is 0.602. The summed E-state index contributed by atoms with van der Waals surface area (Å²) < 4.78 is 11.5. The maximum absolute atomic E-state index is 10.5. The fourth-order valence-corrected chi connectivity index (χ4v) is 3.02. The molecule has 3 aromatic carbocycles. The molecule has 0 aliphatic heterocycles. The lowest BCUT2D eigenvalue weighted by atomic mass is 10.1. The lowest BCUT2D eigenvalue weighted by molar-refractivity contribution is -0.137. The molecule has 5 nitrogen and oxygen atoms in total. The summed E-state index contributed by atoms with van der Waals surface area (Å²) in [6, 6.07) is 17.8. The maximum Gasteiger partial charge on any atom is 0.303 e. The van der Waals surface area contributed by atoms with Gasteiger partial charge in [0.15, 0.2) is 5.58 Å². The van der Waals surface area contributed by atoms with Crippen molar-refractivity contribution in [2.24, 2.45) is 0 Å². The number of carboxylic acid groups (broad SMARTS) is 1. The molecule has 27 heavy (non-hydrogen) atoms. The van der Waals surface area contributed by atoms with Gasteiger partial charge < -0.3 is 14.3 Å². The Kier molecular flexibility index (Phi) is 4.50. The van der Waals surface area contributed by atoms with Crippen LogP contribution in [0.25, 0.3) is 33.3 Å². The average Bonchev–Trinajstić information content (AvgIpc) is 3.07. The molecule has 136 valence electrons. The summed E-state index contributed by atoms with van der Waals surface area (Å²) in [6.45, 7) is 2.41. The fraction of sp³-hybridized carbons (Fsp3) is 0.182. The van der Waals surface area contributed by atoms with Crippen LogP contribution < -0.4 is 4.74 Å². The van der Waals surface area contributed by atoms with Gasteiger partial charge in [-0.1, -0.05) is 18.2 Å². The number of aryl methyl sites for hydroxylation is 1. The third-order valence-electron chi connectivity index (χ3n) is 4.41. The van der Waals surface area contributed by atoms with Crippen molar-refractivity contribution in [2.75, 3.05) is 6.61 Å². The molecule has 0 fully saturated rings. The first kappa shape index (κ1) is 17.1. The summed E-state index contributed by atoms with van der Waals surface area (Å²) in [7, 11) is 0. The highest BCUT2D eigenvalue weighted by molar-refractivity contribution is 5.88. The quantitative estimate of drug-likeness (QED) is 0.478. The predicted octanol–water partition coefficient (Wildman–Crippen LogP) is 5.20. The molecule has 0 amide bonds. The molecule has 4 rings (SSSR count). The molecule has 0 bridgehead atoms. The van der Waals surface area contributed by atoms with E-state index in [4.69, 9.17) is 14.3 Å². The van der Waals surface area contributed by atoms with E-state index in [2.05, 4.69) is 4.98 Å². The second-order valence-corrected chi connectivity index (χ2v) is 6.56. The zero-order valence-corrected chi connectivity index (χ0v) is 14.9. The minimum Gasteiger partial charge on any atom is -0.494 e. The first-order valence-corrected chi connectivity index (χ1v) is 8.84. The van der Waals surface area contributed by atoms with Crippen molar-refractivity contribution in [2.45, 2.75) is 19.8 Å². The molecular formula is C22H19NO4. The van der Waals surface area contributed by atoms with Gasteiger partial charge in [0, 0.05) is 12.0 Å². The summed E-state index contributed by atoms with van der Waals surface area (Å²) in [5.74, 6) is 0.531. The third kappa shape index (κ3) is 3.77. The number of hydrogen-bond acceptors (Lipinski definition) is 4. The van der Waals surface area contributed by atoms with Crippen molar-refractivity contribution in [1.29, 1.82) is 0 Å². The van der Waals surface area contributed by atoms with E-state index in [1.807, 2.05) is 61.5 Å². The molecule has 0 radical (unpaired) electrons. The van der Waals surface area contributed by atoms with E-state index in [0.717, 1.165) is 38.7 Å². The Balaban J connectivity index is 1.56. The van der Waals surface area contributed by atoms with Crippen LogP contribution in [-0.4, -0.2) is 22.7 Å². The highest BCUT2D eigenvalue weighted by Crippen LogP contribution is 2.29. The maximum atomic E-state index is 10.5. The second-order valence-electron chi connectivity index (χ2n) is 6.56. The molecule has 0 spiro atoms. The molecule has 0 aliphatic carbocycles. The van der Waals surface area contributed by atoms with E-state index in [0.29, 0.717) is 18.9 Å². The largest absolute Gasteiger partial charge is 0.494 e. The Morgan fingerprint density at radius 2 is 1.89 bits per heavy atom. The van der Waals surface area contributed by atoms with Crippen LogP contribution in [0.3, 0.4) is 0 Å². The van der Waals surface area contributed by atoms with E-state index >= 15 is 0 Å². The molecule has 1 N–H and O–H groups in total. The van der Waals surface area contributed by atoms with Crippen molar-refractivity contribution in [3.63, 3.8) is 0 Å². The minimum absolute atomic E-state index is 0.112. The molecule has 0 saturated carbocycles. The zero-order valence-electron chi connectivity index (χ0n) is 14.9. The number of fused-ring (bicyclic) bond motifs is 2. The Morgan fingerprint density at radius 3 is 2.74 bits per heavy atom. The zero-order chi connectivity index (χ0) is 18.8. The van der Waals surface area contributed by atoms with E-state index in [9.17, 15) is 4.79 Å². The van der Waals surface area contributed by atoms with Gasteiger partial charge in [0.25, 0.3) is 0 Å². The number of ether oxygens (including phenoxy) is 1. The van der Waals surface area contributed by atoms with Crippen LogP contribution in [-0.2, 0) is 4.79 Å². The molecule has 1 aromatic heterocycles. The van der Waals surface area contributed by atoms with Crippen molar-refractivity contribution < 1.29 is 19.1 Å². The number of carboxylic acids is 1. The van der Waals surface area contributed by atoms with Crippen LogP contribution in [0, 0.1) is 6.92 Å². The number of benzene rings is 3. The SMILES string of the molecule is Cc1ccc2nc(-c3ccc4cc(OCCCC(=O)O)ccc4c3)oc2c1. The molecular weight excluding hydrogens is 342 g/mol. The van der Waals surface area contributed by atoms with Crippen LogP contribution in [0.1, 0.15) is 18.4 Å². The van der Waals surface area contributed by atoms with E-state index < -0.39 is 5.97 Å². The number of aromatic nitrogens is 1. The summed E-state index contributed by atoms with van der Waals surface area (Å²) >= 11 is 0. The Hall–Kier alpha value is -3.34. The molecule has 0 atom stereocenters. The van der Waals surface area contributed by atoms with Gasteiger partial charge in [-0.25, -0.2) is 4.98 Å². The predicted molar refractivity (Wildman–Crippen MR) is 104 cm³/mol. The number of aliphatic carboxylic acids is 1. The van der Waals surface area contributed by atoms with Crippen molar-refractivity contribution in [3.05, 3.63) is 60.2 Å². The summed E-state index contributed by atoms with van der Waals surface area (Å²) in [4.78, 5) is 15.1. The minimum atomic E-state index is -0.806. The normalized spacial score (nSPS) is 11.1. The molecule has 1 heterocycles. The van der Waals surface area contributed by atoms with Crippen LogP contribution in [0.15, 0.2) is 59.0 Å². The van der Waals surface area contributed by atoms with Gasteiger partial charge in [-0.3, -0.25) is 4.79 Å². The van der Waals surface area contributed by atoms with Gasteiger partial charge in [-0.15, -0.1) is 0 Å². The lowest BCUT2D eigenvalue weighted by Gasteiger charge is -2.07. The van der Waals surface area contributed by atoms with Crippen molar-refractivity contribution >= 4 is 27.8 Å². The van der Waals surface area contributed by atoms with E-state index in [-0.39, 0.29) is 6.42 Å². The Labute approximate surface area is 156 Å². The Morgan fingerprint density at radius 1 is 1.07 bits per heavy atom. The van der Waals surface area contributed by atoms with Crippen LogP contribution >= 0.6 is 0 Å². The van der Waals surface area contributed by atoms with Gasteiger partial charge in [-0.2, -0.15) is 0 Å². The van der Waals surface area contributed by atoms with Gasteiger partial charge in [0.05, 0.1) is 6.61 Å². The highest BCUT2D eigenvalue weighted by atomic mass is 16.5. The number of hydrogen-bond donors (Lipinski definition) is 1. The van der Waals surface area contributed by atoms with Crippen molar-refractivity contribution in [1.82, 2.24) is 4.98 Å². The number of carbonyl (C=O) groups is 1. The van der Waals surface area contributed by atoms with E-state index in [1.54, 1.807) is 0 Å². The molecule has 4 aromatic rings. The molecule has 0 aliphatic rings. The number of rotatable bonds is 6. The van der Waals surface area contributed by atoms with Crippen LogP contribution in [0.4, 0.5) is 0 Å². The number of oxazole rings is 1. The standard InChI is InChI=1S/C22H19NO4/c1-14-4-9-19-20(11-14)27-22(23-19)17-6-5-16-13-18(8-7-15(16)12-17)26-10-2-3-21(24)25/h4-9,11-13H,2-3,10H2,1H3,(H,24,25). The van der Waals surface area contributed by atoms with Gasteiger partial charge >= 0.3 is 5.97 Å². The second kappa shape index (κ2) is 7.11. The van der Waals surface area contributed by atoms with Gasteiger partial charge in [-0.05, 0) is 66.1 Å². The van der Waals surface area contributed by atoms with Gasteiger partial charge in [0.1, 0.15) is 11.3 Å².